The van der Waals surface area contributed by atoms with Crippen LogP contribution in [0.3, 0.4) is 0 Å². The van der Waals surface area contributed by atoms with Crippen molar-refractivity contribution in [2.24, 2.45) is 0 Å². The Bertz CT molecular complexity index is 926. The molecule has 0 fully saturated rings. The lowest BCUT2D eigenvalue weighted by Crippen LogP contribution is -2.25. The average molecular weight is 417 g/mol. The van der Waals surface area contributed by atoms with Gasteiger partial charge < -0.3 is 10.1 Å². The van der Waals surface area contributed by atoms with Gasteiger partial charge in [0.05, 0.1) is 12.9 Å². The second-order valence-electron chi connectivity index (χ2n) is 5.99. The van der Waals surface area contributed by atoms with Crippen LogP contribution in [0.1, 0.15) is 13.3 Å². The molecule has 146 valence electrons. The largest absolute Gasteiger partial charge is 0.497 e. The Morgan fingerprint density at radius 3 is 2.50 bits per heavy atom. The zero-order valence-corrected chi connectivity index (χ0v) is 17.3. The van der Waals surface area contributed by atoms with E-state index in [-0.39, 0.29) is 11.7 Å². The number of amides is 1. The van der Waals surface area contributed by atoms with Crippen LogP contribution in [0, 0.1) is 0 Å². The first kappa shape index (κ1) is 20.2. The number of rotatable bonds is 8. The van der Waals surface area contributed by atoms with Crippen LogP contribution in [-0.4, -0.2) is 40.1 Å². The van der Waals surface area contributed by atoms with Crippen LogP contribution in [0.15, 0.2) is 53.7 Å². The number of halogens is 1. The first-order valence-corrected chi connectivity index (χ1v) is 10.2. The molecule has 6 nitrogen and oxygen atoms in total. The van der Waals surface area contributed by atoms with E-state index in [0.29, 0.717) is 22.5 Å². The van der Waals surface area contributed by atoms with Crippen molar-refractivity contribution in [3.05, 3.63) is 53.6 Å². The Balaban J connectivity index is 1.94. The molecule has 3 rings (SSSR count). The summed E-state index contributed by atoms with van der Waals surface area (Å²) in [7, 11) is 1.63. The minimum atomic E-state index is -0.0245. The molecule has 1 amide bonds. The van der Waals surface area contributed by atoms with E-state index in [1.165, 1.54) is 11.8 Å². The predicted octanol–water partition coefficient (Wildman–Crippen LogP) is 4.21. The van der Waals surface area contributed by atoms with E-state index in [2.05, 4.69) is 15.5 Å². The molecule has 0 radical (unpaired) electrons. The zero-order valence-electron chi connectivity index (χ0n) is 15.7. The van der Waals surface area contributed by atoms with Crippen molar-refractivity contribution < 1.29 is 9.53 Å². The summed E-state index contributed by atoms with van der Waals surface area (Å²) in [6.07, 6.45) is 0.902. The summed E-state index contributed by atoms with van der Waals surface area (Å²) in [5, 5.41) is 12.8. The highest BCUT2D eigenvalue weighted by Gasteiger charge is 2.17. The Morgan fingerprint density at radius 1 is 1.14 bits per heavy atom. The summed E-state index contributed by atoms with van der Waals surface area (Å²) in [6.45, 7) is 2.69. The summed E-state index contributed by atoms with van der Waals surface area (Å²) in [4.78, 5) is 12.0. The van der Waals surface area contributed by atoms with Crippen molar-refractivity contribution in [3.63, 3.8) is 0 Å². The van der Waals surface area contributed by atoms with Gasteiger partial charge in [0.25, 0.3) is 0 Å². The summed E-state index contributed by atoms with van der Waals surface area (Å²) < 4.78 is 7.16. The smallest absolute Gasteiger partial charge is 0.230 e. The lowest BCUT2D eigenvalue weighted by molar-refractivity contribution is -0.118. The fraction of sp³-hybridized carbons (Fsp3) is 0.250. The Morgan fingerprint density at radius 2 is 1.86 bits per heavy atom. The minimum Gasteiger partial charge on any atom is -0.497 e. The second-order valence-corrected chi connectivity index (χ2v) is 7.36. The lowest BCUT2D eigenvalue weighted by Gasteiger charge is -2.11. The fourth-order valence-corrected chi connectivity index (χ4v) is 3.47. The predicted molar refractivity (Wildman–Crippen MR) is 112 cm³/mol. The molecule has 8 heteroatoms. The first-order chi connectivity index (χ1) is 13.6. The SMILES string of the molecule is CCCNC(=O)CSc1nnc(-c2ccc(OC)cc2)n1-c1ccc(Cl)cc1. The van der Waals surface area contributed by atoms with E-state index >= 15 is 0 Å². The summed E-state index contributed by atoms with van der Waals surface area (Å²) >= 11 is 7.39. The number of ether oxygens (including phenoxy) is 1. The molecule has 0 saturated carbocycles. The van der Waals surface area contributed by atoms with Gasteiger partial charge in [-0.05, 0) is 55.0 Å². The maximum atomic E-state index is 12.0. The standard InChI is InChI=1S/C20H21ClN4O2S/c1-3-12-22-18(26)13-28-20-24-23-19(14-4-10-17(27-2)11-5-14)25(20)16-8-6-15(21)7-9-16/h4-11H,3,12-13H2,1-2H3,(H,22,26). The Hall–Kier alpha value is -2.51. The fourth-order valence-electron chi connectivity index (χ4n) is 2.56. The van der Waals surface area contributed by atoms with Gasteiger partial charge in [-0.15, -0.1) is 10.2 Å². The van der Waals surface area contributed by atoms with Crippen LogP contribution in [-0.2, 0) is 4.79 Å². The van der Waals surface area contributed by atoms with Gasteiger partial charge in [0, 0.05) is 22.8 Å². The van der Waals surface area contributed by atoms with E-state index in [4.69, 9.17) is 16.3 Å². The van der Waals surface area contributed by atoms with Crippen LogP contribution < -0.4 is 10.1 Å². The van der Waals surface area contributed by atoms with Crippen molar-refractivity contribution >= 4 is 29.3 Å². The van der Waals surface area contributed by atoms with E-state index in [1.54, 1.807) is 7.11 Å². The van der Waals surface area contributed by atoms with Gasteiger partial charge in [-0.2, -0.15) is 0 Å². The zero-order chi connectivity index (χ0) is 19.9. The number of benzene rings is 2. The number of aromatic nitrogens is 3. The van der Waals surface area contributed by atoms with Gasteiger partial charge in [0.1, 0.15) is 5.75 Å². The molecule has 0 aliphatic heterocycles. The highest BCUT2D eigenvalue weighted by Crippen LogP contribution is 2.29. The van der Waals surface area contributed by atoms with Gasteiger partial charge >= 0.3 is 0 Å². The molecule has 28 heavy (non-hydrogen) atoms. The molecule has 0 unspecified atom stereocenters. The third-order valence-electron chi connectivity index (χ3n) is 3.97. The monoisotopic (exact) mass is 416 g/mol. The van der Waals surface area contributed by atoms with Gasteiger partial charge in [-0.1, -0.05) is 30.3 Å². The lowest BCUT2D eigenvalue weighted by atomic mass is 10.2. The van der Waals surface area contributed by atoms with Gasteiger partial charge in [0.2, 0.25) is 5.91 Å². The molecule has 1 aromatic heterocycles. The molecule has 2 aromatic carbocycles. The van der Waals surface area contributed by atoms with Gasteiger partial charge in [0.15, 0.2) is 11.0 Å². The molecule has 1 heterocycles. The van der Waals surface area contributed by atoms with Crippen molar-refractivity contribution in [3.8, 4) is 22.8 Å². The molecular weight excluding hydrogens is 396 g/mol. The molecule has 0 bridgehead atoms. The Labute approximate surface area is 173 Å². The van der Waals surface area contributed by atoms with E-state index < -0.39 is 0 Å². The second kappa shape index (κ2) is 9.61. The molecule has 0 aliphatic carbocycles. The molecular formula is C20H21ClN4O2S. The molecule has 0 spiro atoms. The van der Waals surface area contributed by atoms with Crippen molar-refractivity contribution in [1.29, 1.82) is 0 Å². The number of carbonyl (C=O) groups is 1. The normalized spacial score (nSPS) is 10.7. The molecule has 0 aliphatic rings. The topological polar surface area (TPSA) is 69.0 Å². The van der Waals surface area contributed by atoms with Crippen LogP contribution in [0.2, 0.25) is 5.02 Å². The number of hydrogen-bond donors (Lipinski definition) is 1. The van der Waals surface area contributed by atoms with Crippen LogP contribution in [0.5, 0.6) is 5.75 Å². The van der Waals surface area contributed by atoms with E-state index in [0.717, 1.165) is 23.4 Å². The summed E-state index contributed by atoms with van der Waals surface area (Å²) in [5.41, 5.74) is 1.77. The van der Waals surface area contributed by atoms with Crippen LogP contribution in [0.25, 0.3) is 17.1 Å². The van der Waals surface area contributed by atoms with E-state index in [9.17, 15) is 4.79 Å². The van der Waals surface area contributed by atoms with Crippen molar-refractivity contribution in [1.82, 2.24) is 20.1 Å². The maximum absolute atomic E-state index is 12.0. The highest BCUT2D eigenvalue weighted by molar-refractivity contribution is 7.99. The van der Waals surface area contributed by atoms with Crippen LogP contribution in [0.4, 0.5) is 0 Å². The summed E-state index contributed by atoms with van der Waals surface area (Å²) in [6, 6.07) is 15.0. The number of nitrogens with zero attached hydrogens (tertiary/aromatic N) is 3. The van der Waals surface area contributed by atoms with E-state index in [1.807, 2.05) is 60.0 Å². The third kappa shape index (κ3) is 4.85. The van der Waals surface area contributed by atoms with Gasteiger partial charge in [-0.25, -0.2) is 0 Å². The molecule has 3 aromatic rings. The average Bonchev–Trinajstić information content (AvgIpc) is 3.15. The molecule has 0 atom stereocenters. The molecule has 1 N–H and O–H groups in total. The third-order valence-corrected chi connectivity index (χ3v) is 5.15. The van der Waals surface area contributed by atoms with Crippen molar-refractivity contribution in [2.45, 2.75) is 18.5 Å². The van der Waals surface area contributed by atoms with Crippen molar-refractivity contribution in [2.75, 3.05) is 19.4 Å². The summed E-state index contributed by atoms with van der Waals surface area (Å²) in [5.74, 6) is 1.70. The number of thioether (sulfide) groups is 1. The first-order valence-electron chi connectivity index (χ1n) is 8.87. The quantitative estimate of drug-likeness (QED) is 0.557. The minimum absolute atomic E-state index is 0.0245. The Kier molecular flexibility index (Phi) is 6.95. The maximum Gasteiger partial charge on any atom is 0.230 e. The number of carbonyl (C=O) groups excluding carboxylic acids is 1. The number of hydrogen-bond acceptors (Lipinski definition) is 5. The molecule has 0 saturated heterocycles. The van der Waals surface area contributed by atoms with Crippen LogP contribution >= 0.6 is 23.4 Å². The number of methoxy groups -OCH3 is 1. The highest BCUT2D eigenvalue weighted by atomic mass is 35.5. The van der Waals surface area contributed by atoms with Gasteiger partial charge in [-0.3, -0.25) is 9.36 Å². The number of nitrogens with one attached hydrogen (secondary N) is 1.